The number of aliphatic carboxylic acids is 2. The Morgan fingerprint density at radius 3 is 1.21 bits per heavy atom. The van der Waals surface area contributed by atoms with Gasteiger partial charge in [0.1, 0.15) is 12.1 Å². The number of carboxylic acid groups (broad SMARTS) is 2. The number of nitrogens with zero attached hydrogens (tertiary/aromatic N) is 2. The summed E-state index contributed by atoms with van der Waals surface area (Å²) in [4.78, 5) is 75.3. The average Bonchev–Trinajstić information content (AvgIpc) is 2.94. The van der Waals surface area contributed by atoms with Gasteiger partial charge in [-0.2, -0.15) is 0 Å². The number of rotatable bonds is 8. The summed E-state index contributed by atoms with van der Waals surface area (Å²) in [7, 11) is 0. The third-order valence-corrected chi connectivity index (χ3v) is 6.82. The zero-order chi connectivity index (χ0) is 31.2. The van der Waals surface area contributed by atoms with Crippen LogP contribution in [0.1, 0.15) is 27.7 Å². The lowest BCUT2D eigenvalue weighted by Gasteiger charge is -2.37. The Hall–Kier alpha value is -3.74. The van der Waals surface area contributed by atoms with Crippen molar-refractivity contribution in [1.29, 1.82) is 0 Å². The lowest BCUT2D eigenvalue weighted by Crippen LogP contribution is -2.58. The number of amides is 4. The van der Waals surface area contributed by atoms with Crippen molar-refractivity contribution in [3.05, 3.63) is 0 Å². The molecule has 2 unspecified atom stereocenters. The Kier molecular flexibility index (Phi) is 10.5. The lowest BCUT2D eigenvalue weighted by molar-refractivity contribution is -0.278. The third kappa shape index (κ3) is 8.17. The Morgan fingerprint density at radius 1 is 0.667 bits per heavy atom. The summed E-state index contributed by atoms with van der Waals surface area (Å²) in [5.41, 5.74) is 0. The number of alkyl carbamates (subject to hydrolysis) is 2. The smallest absolute Gasteiger partial charge is 0.408 e. The Bertz CT molecular complexity index is 964. The minimum Gasteiger partial charge on any atom is -0.477 e. The average molecular weight is 605 g/mol. The second-order valence-corrected chi connectivity index (χ2v) is 10.2. The van der Waals surface area contributed by atoms with E-state index in [2.05, 4.69) is 10.6 Å². The summed E-state index contributed by atoms with van der Waals surface area (Å²) in [5, 5.41) is 23.0. The summed E-state index contributed by atoms with van der Waals surface area (Å²) in [6, 6.07) is -1.91. The topological polar surface area (TPSA) is 229 Å². The van der Waals surface area contributed by atoms with Gasteiger partial charge in [-0.15, -0.1) is 0 Å². The lowest BCUT2D eigenvalue weighted by atomic mass is 10.2. The van der Waals surface area contributed by atoms with Crippen molar-refractivity contribution in [3.8, 4) is 0 Å². The van der Waals surface area contributed by atoms with Gasteiger partial charge in [0, 0.05) is 40.0 Å². The van der Waals surface area contributed by atoms with Gasteiger partial charge >= 0.3 is 24.1 Å². The van der Waals surface area contributed by atoms with Gasteiger partial charge in [-0.1, -0.05) is 0 Å². The van der Waals surface area contributed by atoms with Crippen LogP contribution in [0.25, 0.3) is 0 Å². The number of piperazine rings is 1. The van der Waals surface area contributed by atoms with E-state index in [1.807, 2.05) is 0 Å². The molecule has 3 aliphatic rings. The Balaban J connectivity index is 1.36. The highest BCUT2D eigenvalue weighted by Gasteiger charge is 2.43. The first kappa shape index (κ1) is 32.8. The van der Waals surface area contributed by atoms with E-state index < -0.39 is 71.8 Å². The van der Waals surface area contributed by atoms with Crippen molar-refractivity contribution in [2.75, 3.05) is 52.6 Å². The molecule has 0 bridgehead atoms. The van der Waals surface area contributed by atoms with Gasteiger partial charge in [-0.25, -0.2) is 19.2 Å². The van der Waals surface area contributed by atoms with Gasteiger partial charge in [0.15, 0.2) is 12.2 Å². The maximum absolute atomic E-state index is 12.8. The van der Waals surface area contributed by atoms with E-state index >= 15 is 0 Å². The van der Waals surface area contributed by atoms with Gasteiger partial charge in [0.2, 0.25) is 11.8 Å². The van der Waals surface area contributed by atoms with E-state index in [0.717, 1.165) is 0 Å². The van der Waals surface area contributed by atoms with Crippen LogP contribution in [0.15, 0.2) is 0 Å². The highest BCUT2D eigenvalue weighted by molar-refractivity contribution is 5.87. The first-order chi connectivity index (χ1) is 19.6. The van der Waals surface area contributed by atoms with Gasteiger partial charge in [-0.3, -0.25) is 9.59 Å². The highest BCUT2D eigenvalue weighted by atomic mass is 16.7. The van der Waals surface area contributed by atoms with Crippen molar-refractivity contribution in [2.45, 2.75) is 63.6 Å². The van der Waals surface area contributed by atoms with Crippen LogP contribution in [0.2, 0.25) is 0 Å². The van der Waals surface area contributed by atoms with Crippen molar-refractivity contribution >= 4 is 35.9 Å². The molecule has 0 aromatic carbocycles. The van der Waals surface area contributed by atoms with E-state index in [1.54, 1.807) is 0 Å². The molecule has 0 aliphatic carbocycles. The summed E-state index contributed by atoms with van der Waals surface area (Å²) in [6.45, 7) is 5.33. The summed E-state index contributed by atoms with van der Waals surface area (Å²) < 4.78 is 30.7. The molecule has 0 radical (unpaired) electrons. The van der Waals surface area contributed by atoms with Gasteiger partial charge in [0.25, 0.3) is 11.6 Å². The van der Waals surface area contributed by atoms with E-state index in [1.165, 1.54) is 37.5 Å². The maximum Gasteiger partial charge on any atom is 0.408 e. The predicted octanol–water partition coefficient (Wildman–Crippen LogP) is -1.68. The zero-order valence-electron chi connectivity index (χ0n) is 23.7. The number of hydrogen-bond donors (Lipinski definition) is 4. The van der Waals surface area contributed by atoms with Crippen molar-refractivity contribution in [3.63, 3.8) is 0 Å². The van der Waals surface area contributed by atoms with Crippen LogP contribution < -0.4 is 10.6 Å². The highest BCUT2D eigenvalue weighted by Crippen LogP contribution is 2.21. The monoisotopic (exact) mass is 604 g/mol. The van der Waals surface area contributed by atoms with Crippen LogP contribution in [-0.2, 0) is 47.6 Å². The van der Waals surface area contributed by atoms with Crippen molar-refractivity contribution in [2.24, 2.45) is 0 Å². The fourth-order valence-corrected chi connectivity index (χ4v) is 4.11. The van der Waals surface area contributed by atoms with Crippen LogP contribution in [0.4, 0.5) is 9.59 Å². The molecule has 0 spiro atoms. The second kappa shape index (κ2) is 13.5. The molecule has 4 N–H and O–H groups in total. The number of carbonyl (C=O) groups is 6. The van der Waals surface area contributed by atoms with E-state index in [4.69, 9.17) is 38.6 Å². The quantitative estimate of drug-likeness (QED) is 0.243. The van der Waals surface area contributed by atoms with E-state index in [9.17, 15) is 28.8 Å². The molecule has 18 heteroatoms. The zero-order valence-corrected chi connectivity index (χ0v) is 23.7. The molecule has 0 aromatic heterocycles. The molecule has 3 rings (SSSR count). The second-order valence-electron chi connectivity index (χ2n) is 10.2. The molecule has 3 saturated heterocycles. The number of carboxylic acids is 2. The number of ether oxygens (including phenoxy) is 6. The minimum atomic E-state index is -1.83. The normalized spacial score (nSPS) is 29.4. The largest absolute Gasteiger partial charge is 0.477 e. The fourth-order valence-electron chi connectivity index (χ4n) is 4.11. The molecule has 3 aliphatic heterocycles. The van der Waals surface area contributed by atoms with Crippen molar-refractivity contribution < 1.29 is 67.4 Å². The van der Waals surface area contributed by atoms with Crippen LogP contribution in [0, 0.1) is 0 Å². The van der Waals surface area contributed by atoms with Crippen molar-refractivity contribution in [1.82, 2.24) is 20.4 Å². The summed E-state index contributed by atoms with van der Waals surface area (Å²) in [5.74, 6) is -7.08. The van der Waals surface area contributed by atoms with Gasteiger partial charge in [0.05, 0.1) is 26.4 Å². The Morgan fingerprint density at radius 2 is 0.952 bits per heavy atom. The molecular formula is C24H36N4O14. The third-order valence-electron chi connectivity index (χ3n) is 6.82. The molecule has 0 saturated carbocycles. The molecule has 0 aromatic rings. The Labute approximate surface area is 240 Å². The first-order valence-electron chi connectivity index (χ1n) is 13.2. The van der Waals surface area contributed by atoms with Gasteiger partial charge in [-0.05, 0) is 13.8 Å². The standard InChI is InChI=1S/C24H36N4O14/c1-13(25-21(35)41-15-9-37-23(3,19(31)32)38-10-15)17(29)27-5-7-28(8-6-27)18(30)14(2)26-22(36)42-16-11-39-24(4,20(33)34)40-12-16/h13-16H,5-12H2,1-4H3,(H,25,35)(H,26,36)(H,31,32)(H,33,34). The van der Waals surface area contributed by atoms with Crippen LogP contribution >= 0.6 is 0 Å². The number of nitrogens with one attached hydrogen (secondary N) is 2. The summed E-state index contributed by atoms with van der Waals surface area (Å²) >= 11 is 0. The molecule has 3 fully saturated rings. The van der Waals surface area contributed by atoms with E-state index in [-0.39, 0.29) is 52.6 Å². The molecule has 18 nitrogen and oxygen atoms in total. The fraction of sp³-hybridized carbons (Fsp3) is 0.750. The van der Waals surface area contributed by atoms with E-state index in [0.29, 0.717) is 0 Å². The van der Waals surface area contributed by atoms with Crippen LogP contribution in [-0.4, -0.2) is 144 Å². The van der Waals surface area contributed by atoms with Crippen LogP contribution in [0.3, 0.4) is 0 Å². The molecule has 2 atom stereocenters. The minimum absolute atomic E-state index is 0.181. The SMILES string of the molecule is CC(NC(=O)OC1COC(C)(C(=O)O)OC1)C(=O)N1CCN(C(=O)C(C)NC(=O)OC2COC(C)(C(=O)O)OC2)CC1. The predicted molar refractivity (Wildman–Crippen MR) is 135 cm³/mol. The summed E-state index contributed by atoms with van der Waals surface area (Å²) in [6.07, 6.45) is -3.54. The van der Waals surface area contributed by atoms with Crippen LogP contribution in [0.5, 0.6) is 0 Å². The molecular weight excluding hydrogens is 568 g/mol. The molecule has 236 valence electrons. The van der Waals surface area contributed by atoms with Gasteiger partial charge < -0.3 is 59.1 Å². The number of carbonyl (C=O) groups excluding carboxylic acids is 4. The number of hydrogen-bond acceptors (Lipinski definition) is 12. The molecule has 3 heterocycles. The molecule has 4 amide bonds. The first-order valence-corrected chi connectivity index (χ1v) is 13.2. The molecule has 42 heavy (non-hydrogen) atoms. The maximum atomic E-state index is 12.8.